The van der Waals surface area contributed by atoms with E-state index in [-0.39, 0.29) is 16.9 Å². The van der Waals surface area contributed by atoms with Gasteiger partial charge >= 0.3 is 6.18 Å². The van der Waals surface area contributed by atoms with Crippen LogP contribution in [-0.2, 0) is 5.66 Å². The zero-order chi connectivity index (χ0) is 14.0. The van der Waals surface area contributed by atoms with Crippen LogP contribution in [0.3, 0.4) is 0 Å². The summed E-state index contributed by atoms with van der Waals surface area (Å²) in [6.07, 6.45) is -4.34. The number of rotatable bonds is 4. The van der Waals surface area contributed by atoms with Crippen LogP contribution in [0.2, 0.25) is 0 Å². The predicted octanol–water partition coefficient (Wildman–Crippen LogP) is 1.88. The molecular weight excluding hydrogens is 249 g/mol. The van der Waals surface area contributed by atoms with E-state index in [4.69, 9.17) is 10.5 Å². The first-order valence-electron chi connectivity index (χ1n) is 4.77. The summed E-state index contributed by atoms with van der Waals surface area (Å²) in [4.78, 5) is 13.6. The average molecular weight is 260 g/mol. The van der Waals surface area contributed by atoms with E-state index in [1.54, 1.807) is 0 Å². The first-order chi connectivity index (χ1) is 8.30. The average Bonchev–Trinajstić information content (AvgIpc) is 2.35. The van der Waals surface area contributed by atoms with Crippen molar-refractivity contribution >= 4 is 13.0 Å². The Morgan fingerprint density at radius 3 is 2.44 bits per heavy atom. The monoisotopic (exact) mass is 260 g/mol. The van der Waals surface area contributed by atoms with Crippen LogP contribution in [0.25, 0.3) is 0 Å². The lowest BCUT2D eigenvalue weighted by molar-refractivity contribution is -0.186. The number of carbonyl (C=O) groups is 1. The van der Waals surface area contributed by atoms with Crippen LogP contribution in [0, 0.1) is 0 Å². The third-order valence-corrected chi connectivity index (χ3v) is 2.48. The zero-order valence-corrected chi connectivity index (χ0v) is 9.49. The number of nitrogens with two attached hydrogens (primary N) is 1. The lowest BCUT2D eigenvalue weighted by Crippen LogP contribution is -2.48. The molecule has 0 spiro atoms. The number of halogens is 3. The van der Waals surface area contributed by atoms with Crippen LogP contribution in [-0.4, -0.2) is 26.3 Å². The number of hydrogen-bond donors (Lipinski definition) is 1. The van der Waals surface area contributed by atoms with E-state index in [0.717, 1.165) is 12.1 Å². The number of benzene rings is 1. The fourth-order valence-corrected chi connectivity index (χ4v) is 1.39. The van der Waals surface area contributed by atoms with Gasteiger partial charge in [-0.1, -0.05) is 6.07 Å². The molecule has 18 heavy (non-hydrogen) atoms. The topological polar surface area (TPSA) is 64.7 Å². The number of nitrogens with zero attached hydrogens (tertiary/aromatic N) is 1. The Morgan fingerprint density at radius 2 is 2.06 bits per heavy atom. The van der Waals surface area contributed by atoms with E-state index in [0.29, 0.717) is 6.29 Å². The highest BCUT2D eigenvalue weighted by Crippen LogP contribution is 2.39. The summed E-state index contributed by atoms with van der Waals surface area (Å²) in [6, 6.07) is 3.26. The van der Waals surface area contributed by atoms with Gasteiger partial charge in [0.25, 0.3) is 0 Å². The van der Waals surface area contributed by atoms with Crippen molar-refractivity contribution in [3.63, 3.8) is 0 Å². The molecule has 0 saturated carbocycles. The van der Waals surface area contributed by atoms with E-state index in [1.807, 2.05) is 0 Å². The number of aliphatic imine (C=N–C) groups is 1. The van der Waals surface area contributed by atoms with Gasteiger partial charge in [-0.25, -0.2) is 0 Å². The van der Waals surface area contributed by atoms with Gasteiger partial charge < -0.3 is 4.74 Å². The smallest absolute Gasteiger partial charge is 0.431 e. The number of methoxy groups -OCH3 is 1. The van der Waals surface area contributed by atoms with Crippen molar-refractivity contribution in [3.05, 3.63) is 29.3 Å². The van der Waals surface area contributed by atoms with Crippen molar-refractivity contribution in [2.24, 2.45) is 10.7 Å². The van der Waals surface area contributed by atoms with E-state index in [2.05, 4.69) is 11.7 Å². The molecule has 0 aliphatic rings. The summed E-state index contributed by atoms with van der Waals surface area (Å²) in [6.45, 7) is 2.87. The van der Waals surface area contributed by atoms with Gasteiger partial charge in [0, 0.05) is 5.56 Å². The standard InChI is InChI=1S/C11H11F3N2O2/c1-16-10(15,11(12,13)14)8-4-3-7(6-17)9(5-8)18-2/h3-6H,1,15H2,2H3. The third-order valence-electron chi connectivity index (χ3n) is 2.48. The van der Waals surface area contributed by atoms with Crippen LogP contribution in [0.1, 0.15) is 15.9 Å². The van der Waals surface area contributed by atoms with Gasteiger partial charge in [0.05, 0.1) is 12.7 Å². The summed E-state index contributed by atoms with van der Waals surface area (Å²) in [5, 5.41) is 0. The molecule has 0 radical (unpaired) electrons. The summed E-state index contributed by atoms with van der Waals surface area (Å²) in [5.74, 6) is -0.00905. The summed E-state index contributed by atoms with van der Waals surface area (Å²) in [7, 11) is 1.24. The highest BCUT2D eigenvalue weighted by Gasteiger charge is 2.53. The Morgan fingerprint density at radius 1 is 1.44 bits per heavy atom. The predicted molar refractivity (Wildman–Crippen MR) is 59.9 cm³/mol. The molecule has 1 unspecified atom stereocenters. The molecule has 0 bridgehead atoms. The molecule has 98 valence electrons. The normalized spacial score (nSPS) is 14.7. The molecule has 1 aromatic rings. The minimum atomic E-state index is -4.80. The van der Waals surface area contributed by atoms with Gasteiger partial charge in [-0.15, -0.1) is 0 Å². The Kier molecular flexibility index (Phi) is 3.76. The van der Waals surface area contributed by atoms with E-state index in [9.17, 15) is 18.0 Å². The van der Waals surface area contributed by atoms with Crippen LogP contribution < -0.4 is 10.5 Å². The molecule has 0 aliphatic heterocycles. The summed E-state index contributed by atoms with van der Waals surface area (Å²) >= 11 is 0. The van der Waals surface area contributed by atoms with Gasteiger partial charge in [-0.3, -0.25) is 15.5 Å². The number of aldehydes is 1. The third kappa shape index (κ3) is 2.21. The molecule has 7 heteroatoms. The quantitative estimate of drug-likeness (QED) is 0.664. The highest BCUT2D eigenvalue weighted by molar-refractivity contribution is 5.79. The lowest BCUT2D eigenvalue weighted by Gasteiger charge is -2.28. The Bertz CT molecular complexity index is 474. The highest BCUT2D eigenvalue weighted by atomic mass is 19.4. The molecule has 1 aromatic carbocycles. The molecule has 0 saturated heterocycles. The SMILES string of the molecule is C=NC(N)(c1ccc(C=O)c(OC)c1)C(F)(F)F. The molecule has 4 nitrogen and oxygen atoms in total. The van der Waals surface area contributed by atoms with Crippen molar-refractivity contribution in [2.75, 3.05) is 7.11 Å². The Hall–Kier alpha value is -1.89. The maximum Gasteiger partial charge on any atom is 0.431 e. The molecule has 1 rings (SSSR count). The second kappa shape index (κ2) is 4.77. The number of carbonyl (C=O) groups excluding carboxylic acids is 1. The van der Waals surface area contributed by atoms with Gasteiger partial charge in [0.15, 0.2) is 6.29 Å². The van der Waals surface area contributed by atoms with Crippen molar-refractivity contribution < 1.29 is 22.7 Å². The lowest BCUT2D eigenvalue weighted by atomic mass is 9.98. The van der Waals surface area contributed by atoms with Gasteiger partial charge in [0.2, 0.25) is 5.66 Å². The van der Waals surface area contributed by atoms with E-state index < -0.39 is 11.8 Å². The van der Waals surface area contributed by atoms with Crippen LogP contribution >= 0.6 is 0 Å². The van der Waals surface area contributed by atoms with Crippen molar-refractivity contribution in [1.82, 2.24) is 0 Å². The largest absolute Gasteiger partial charge is 0.496 e. The Labute approximate surface area is 101 Å². The molecule has 0 aliphatic carbocycles. The second-order valence-corrected chi connectivity index (χ2v) is 3.50. The fourth-order valence-electron chi connectivity index (χ4n) is 1.39. The number of alkyl halides is 3. The maximum atomic E-state index is 12.8. The minimum absolute atomic E-state index is 0.00905. The van der Waals surface area contributed by atoms with Gasteiger partial charge in [-0.2, -0.15) is 13.2 Å². The van der Waals surface area contributed by atoms with Crippen molar-refractivity contribution in [1.29, 1.82) is 0 Å². The first kappa shape index (κ1) is 14.2. The molecule has 0 fully saturated rings. The van der Waals surface area contributed by atoms with Crippen LogP contribution in [0.5, 0.6) is 5.75 Å². The number of ether oxygens (including phenoxy) is 1. The van der Waals surface area contributed by atoms with Gasteiger partial charge in [-0.05, 0) is 18.9 Å². The van der Waals surface area contributed by atoms with E-state index >= 15 is 0 Å². The van der Waals surface area contributed by atoms with Gasteiger partial charge in [0.1, 0.15) is 5.75 Å². The zero-order valence-electron chi connectivity index (χ0n) is 9.49. The molecule has 0 aromatic heterocycles. The van der Waals surface area contributed by atoms with E-state index in [1.165, 1.54) is 13.2 Å². The second-order valence-electron chi connectivity index (χ2n) is 3.50. The van der Waals surface area contributed by atoms with Crippen LogP contribution in [0.15, 0.2) is 23.2 Å². The molecule has 0 heterocycles. The van der Waals surface area contributed by atoms with Crippen molar-refractivity contribution in [2.45, 2.75) is 11.8 Å². The summed E-state index contributed by atoms with van der Waals surface area (Å²) < 4.78 is 43.3. The summed E-state index contributed by atoms with van der Waals surface area (Å²) in [5.41, 5.74) is 2.05. The number of hydrogen-bond acceptors (Lipinski definition) is 4. The maximum absolute atomic E-state index is 12.8. The van der Waals surface area contributed by atoms with Crippen LogP contribution in [0.4, 0.5) is 13.2 Å². The molecule has 0 amide bonds. The minimum Gasteiger partial charge on any atom is -0.496 e. The molecule has 2 N–H and O–H groups in total. The molecular formula is C11H11F3N2O2. The molecule has 1 atom stereocenters. The Balaban J connectivity index is 3.41. The fraction of sp³-hybridized carbons (Fsp3) is 0.273. The van der Waals surface area contributed by atoms with Crippen molar-refractivity contribution in [3.8, 4) is 5.75 Å². The first-order valence-corrected chi connectivity index (χ1v) is 4.77.